The fourth-order valence-electron chi connectivity index (χ4n) is 3.21. The van der Waals surface area contributed by atoms with Crippen LogP contribution in [0.3, 0.4) is 0 Å². The molecule has 160 valence electrons. The Morgan fingerprint density at radius 2 is 1.93 bits per heavy atom. The van der Waals surface area contributed by atoms with E-state index < -0.39 is 0 Å². The summed E-state index contributed by atoms with van der Waals surface area (Å²) in [5.74, 6) is 2.70. The number of nitrogens with zero attached hydrogens (tertiary/aromatic N) is 5. The number of nitrogens with one attached hydrogen (secondary N) is 2. The van der Waals surface area contributed by atoms with Crippen molar-refractivity contribution in [2.75, 3.05) is 57.3 Å². The second-order valence-corrected chi connectivity index (χ2v) is 6.75. The van der Waals surface area contributed by atoms with Gasteiger partial charge in [0.25, 0.3) is 0 Å². The van der Waals surface area contributed by atoms with Crippen molar-refractivity contribution in [2.45, 2.75) is 19.8 Å². The van der Waals surface area contributed by atoms with Crippen LogP contribution in [0.15, 0.2) is 46.3 Å². The van der Waals surface area contributed by atoms with Crippen molar-refractivity contribution in [3.8, 4) is 0 Å². The van der Waals surface area contributed by atoms with E-state index in [1.165, 1.54) is 0 Å². The number of hydrogen-bond donors (Lipinski definition) is 2. The molecule has 9 heteroatoms. The molecular weight excluding hydrogens is 481 g/mol. The molecule has 2 aromatic heterocycles. The number of piperazine rings is 1. The molecule has 1 aliphatic rings. The second-order valence-electron chi connectivity index (χ2n) is 6.75. The van der Waals surface area contributed by atoms with Crippen LogP contribution in [0, 0.1) is 0 Å². The van der Waals surface area contributed by atoms with Crippen LogP contribution in [-0.2, 0) is 6.42 Å². The Morgan fingerprint density at radius 3 is 2.62 bits per heavy atom. The van der Waals surface area contributed by atoms with Crippen LogP contribution in [0.5, 0.6) is 0 Å². The summed E-state index contributed by atoms with van der Waals surface area (Å²) in [7, 11) is 0. The Labute approximate surface area is 190 Å². The highest BCUT2D eigenvalue weighted by Gasteiger charge is 2.18. The van der Waals surface area contributed by atoms with Crippen molar-refractivity contribution in [3.05, 3.63) is 42.6 Å². The summed E-state index contributed by atoms with van der Waals surface area (Å²) in [5.41, 5.74) is 0. The molecule has 0 amide bonds. The lowest BCUT2D eigenvalue weighted by molar-refractivity contribution is 0.255. The molecule has 2 N–H and O–H groups in total. The van der Waals surface area contributed by atoms with Crippen molar-refractivity contribution in [1.29, 1.82) is 0 Å². The van der Waals surface area contributed by atoms with E-state index in [4.69, 9.17) is 4.42 Å². The lowest BCUT2D eigenvalue weighted by Gasteiger charge is -2.34. The summed E-state index contributed by atoms with van der Waals surface area (Å²) in [6.07, 6.45) is 7.22. The Bertz CT molecular complexity index is 688. The first-order valence-electron chi connectivity index (χ1n) is 10.1. The molecule has 1 saturated heterocycles. The number of rotatable bonds is 9. The lowest BCUT2D eigenvalue weighted by Crippen LogP contribution is -2.47. The van der Waals surface area contributed by atoms with E-state index in [-0.39, 0.29) is 24.0 Å². The van der Waals surface area contributed by atoms with Gasteiger partial charge in [0.1, 0.15) is 5.76 Å². The van der Waals surface area contributed by atoms with Gasteiger partial charge in [0.2, 0.25) is 5.95 Å². The number of guanidine groups is 1. The first kappa shape index (κ1) is 23.4. The SMILES string of the molecule is CCNC(=NCCCN1CCN(c2ncccn2)CC1)NCCc1ccco1.I. The molecular formula is C20H32IN7O. The zero-order chi connectivity index (χ0) is 19.4. The maximum Gasteiger partial charge on any atom is 0.225 e. The molecule has 0 spiro atoms. The zero-order valence-electron chi connectivity index (χ0n) is 17.1. The third-order valence-electron chi connectivity index (χ3n) is 4.70. The van der Waals surface area contributed by atoms with Crippen LogP contribution in [0.2, 0.25) is 0 Å². The molecule has 0 aromatic carbocycles. The van der Waals surface area contributed by atoms with Gasteiger partial charge in [0.15, 0.2) is 5.96 Å². The van der Waals surface area contributed by atoms with Crippen molar-refractivity contribution in [1.82, 2.24) is 25.5 Å². The average molecular weight is 513 g/mol. The molecule has 8 nitrogen and oxygen atoms in total. The third kappa shape index (κ3) is 8.17. The minimum absolute atomic E-state index is 0. The molecule has 1 aliphatic heterocycles. The fraction of sp³-hybridized carbons (Fsp3) is 0.550. The Kier molecular flexibility index (Phi) is 10.8. The van der Waals surface area contributed by atoms with Crippen molar-refractivity contribution < 1.29 is 4.42 Å². The average Bonchev–Trinajstić information content (AvgIpc) is 3.26. The molecule has 0 saturated carbocycles. The van der Waals surface area contributed by atoms with Gasteiger partial charge in [-0.05, 0) is 31.5 Å². The van der Waals surface area contributed by atoms with E-state index in [0.717, 1.165) is 82.9 Å². The van der Waals surface area contributed by atoms with Crippen molar-refractivity contribution >= 4 is 35.9 Å². The van der Waals surface area contributed by atoms with Crippen molar-refractivity contribution in [3.63, 3.8) is 0 Å². The first-order chi connectivity index (χ1) is 13.8. The quantitative estimate of drug-likeness (QED) is 0.230. The zero-order valence-corrected chi connectivity index (χ0v) is 19.4. The summed E-state index contributed by atoms with van der Waals surface area (Å²) < 4.78 is 5.36. The van der Waals surface area contributed by atoms with Gasteiger partial charge in [-0.25, -0.2) is 9.97 Å². The van der Waals surface area contributed by atoms with Gasteiger partial charge in [-0.1, -0.05) is 0 Å². The third-order valence-corrected chi connectivity index (χ3v) is 4.70. The van der Waals surface area contributed by atoms with E-state index in [0.29, 0.717) is 0 Å². The summed E-state index contributed by atoms with van der Waals surface area (Å²) in [4.78, 5) is 18.1. The van der Waals surface area contributed by atoms with Crippen molar-refractivity contribution in [2.24, 2.45) is 4.99 Å². The van der Waals surface area contributed by atoms with E-state index in [9.17, 15) is 0 Å². The molecule has 0 bridgehead atoms. The number of aliphatic imine (C=N–C) groups is 1. The topological polar surface area (TPSA) is 81.8 Å². The van der Waals surface area contributed by atoms with E-state index in [1.54, 1.807) is 18.7 Å². The van der Waals surface area contributed by atoms with E-state index >= 15 is 0 Å². The molecule has 3 rings (SSSR count). The summed E-state index contributed by atoms with van der Waals surface area (Å²) >= 11 is 0. The minimum atomic E-state index is 0. The monoisotopic (exact) mass is 513 g/mol. The molecule has 3 heterocycles. The van der Waals surface area contributed by atoms with Gasteiger partial charge in [-0.15, -0.1) is 24.0 Å². The number of halogens is 1. The van der Waals surface area contributed by atoms with Crippen LogP contribution in [0.25, 0.3) is 0 Å². The highest BCUT2D eigenvalue weighted by molar-refractivity contribution is 14.0. The van der Waals surface area contributed by atoms with Crippen LogP contribution < -0.4 is 15.5 Å². The highest BCUT2D eigenvalue weighted by atomic mass is 127. The number of anilines is 1. The number of hydrogen-bond acceptors (Lipinski definition) is 6. The maximum atomic E-state index is 5.36. The number of aromatic nitrogens is 2. The van der Waals surface area contributed by atoms with E-state index in [1.807, 2.05) is 18.2 Å². The van der Waals surface area contributed by atoms with Crippen LogP contribution >= 0.6 is 24.0 Å². The molecule has 2 aromatic rings. The summed E-state index contributed by atoms with van der Waals surface area (Å²) in [6, 6.07) is 5.77. The van der Waals surface area contributed by atoms with Gasteiger partial charge >= 0.3 is 0 Å². The highest BCUT2D eigenvalue weighted by Crippen LogP contribution is 2.09. The van der Waals surface area contributed by atoms with Gasteiger partial charge in [0, 0.05) is 71.2 Å². The van der Waals surface area contributed by atoms with Gasteiger partial charge in [-0.3, -0.25) is 9.89 Å². The largest absolute Gasteiger partial charge is 0.469 e. The molecule has 1 fully saturated rings. The van der Waals surface area contributed by atoms with Crippen LogP contribution in [0.4, 0.5) is 5.95 Å². The molecule has 0 radical (unpaired) electrons. The van der Waals surface area contributed by atoms with Gasteiger partial charge in [-0.2, -0.15) is 0 Å². The lowest BCUT2D eigenvalue weighted by atomic mass is 10.3. The smallest absolute Gasteiger partial charge is 0.225 e. The Hall–Kier alpha value is -1.88. The molecule has 0 unspecified atom stereocenters. The first-order valence-corrected chi connectivity index (χ1v) is 10.1. The van der Waals surface area contributed by atoms with Gasteiger partial charge in [0.05, 0.1) is 6.26 Å². The van der Waals surface area contributed by atoms with Gasteiger partial charge < -0.3 is 20.0 Å². The normalized spacial score (nSPS) is 15.1. The molecule has 0 atom stereocenters. The van der Waals surface area contributed by atoms with E-state index in [2.05, 4.69) is 42.3 Å². The predicted molar refractivity (Wildman–Crippen MR) is 127 cm³/mol. The van der Waals surface area contributed by atoms with Crippen LogP contribution in [0.1, 0.15) is 19.1 Å². The molecule has 0 aliphatic carbocycles. The minimum Gasteiger partial charge on any atom is -0.469 e. The maximum absolute atomic E-state index is 5.36. The predicted octanol–water partition coefficient (Wildman–Crippen LogP) is 2.00. The standard InChI is InChI=1S/C20H31N7O.HI/c1-2-21-19(23-11-7-18-6-3-17-28-18)22-10-5-12-26-13-15-27(16-14-26)20-24-8-4-9-25-20;/h3-4,6,8-9,17H,2,5,7,10-16H2,1H3,(H2,21,22,23);1H. The molecule has 29 heavy (non-hydrogen) atoms. The Balaban J connectivity index is 0.00000300. The summed E-state index contributed by atoms with van der Waals surface area (Å²) in [6.45, 7) is 9.68. The second kappa shape index (κ2) is 13.4. The summed E-state index contributed by atoms with van der Waals surface area (Å²) in [5, 5.41) is 6.67. The number of furan rings is 1. The Morgan fingerprint density at radius 1 is 1.14 bits per heavy atom. The fourth-order valence-corrected chi connectivity index (χ4v) is 3.21. The van der Waals surface area contributed by atoms with Crippen LogP contribution in [-0.4, -0.2) is 73.2 Å².